The van der Waals surface area contributed by atoms with E-state index in [0.29, 0.717) is 19.4 Å². The van der Waals surface area contributed by atoms with Gasteiger partial charge in [0.15, 0.2) is 0 Å². The van der Waals surface area contributed by atoms with Gasteiger partial charge in [0.05, 0.1) is 0 Å². The normalized spacial score (nSPS) is 13.1. The molecule has 1 aliphatic carbocycles. The van der Waals surface area contributed by atoms with E-state index in [1.807, 2.05) is 36.4 Å². The lowest BCUT2D eigenvalue weighted by Crippen LogP contribution is -2.47. The van der Waals surface area contributed by atoms with E-state index in [2.05, 4.69) is 17.4 Å². The summed E-state index contributed by atoms with van der Waals surface area (Å²) < 4.78 is 5.52. The largest absolute Gasteiger partial charge is 0.481 e. The number of hydrogen-bond donors (Lipinski definition) is 2. The van der Waals surface area contributed by atoms with E-state index >= 15 is 0 Å². The van der Waals surface area contributed by atoms with E-state index in [1.165, 1.54) is 4.90 Å². The van der Waals surface area contributed by atoms with Crippen molar-refractivity contribution in [3.05, 3.63) is 59.7 Å². The minimum Gasteiger partial charge on any atom is -0.481 e. The molecule has 7 heteroatoms. The Kier molecular flexibility index (Phi) is 7.28. The van der Waals surface area contributed by atoms with Gasteiger partial charge in [-0.05, 0) is 35.1 Å². The third-order valence-electron chi connectivity index (χ3n) is 5.60. The van der Waals surface area contributed by atoms with E-state index in [9.17, 15) is 14.4 Å². The quantitative estimate of drug-likeness (QED) is 0.641. The first kappa shape index (κ1) is 22.3. The van der Waals surface area contributed by atoms with Crippen molar-refractivity contribution in [1.29, 1.82) is 0 Å². The van der Waals surface area contributed by atoms with Crippen LogP contribution in [0, 0.1) is 0 Å². The molecule has 2 amide bonds. The average molecular weight is 424 g/mol. The van der Waals surface area contributed by atoms with Crippen molar-refractivity contribution in [3.63, 3.8) is 0 Å². The number of amides is 2. The monoisotopic (exact) mass is 424 g/mol. The van der Waals surface area contributed by atoms with Crippen LogP contribution in [0.4, 0.5) is 4.79 Å². The van der Waals surface area contributed by atoms with Gasteiger partial charge in [-0.1, -0.05) is 55.5 Å². The molecular weight excluding hydrogens is 396 g/mol. The van der Waals surface area contributed by atoms with Crippen LogP contribution < -0.4 is 5.32 Å². The maximum absolute atomic E-state index is 12.6. The molecule has 0 saturated heterocycles. The third-order valence-corrected chi connectivity index (χ3v) is 5.60. The number of carboxylic acids is 1. The molecule has 0 aromatic heterocycles. The van der Waals surface area contributed by atoms with Crippen LogP contribution in [-0.4, -0.2) is 54.2 Å². The highest BCUT2D eigenvalue weighted by molar-refractivity contribution is 5.85. The molecule has 7 nitrogen and oxygen atoms in total. The first-order valence-electron chi connectivity index (χ1n) is 10.5. The molecule has 1 aliphatic rings. The fourth-order valence-electron chi connectivity index (χ4n) is 3.96. The zero-order valence-electron chi connectivity index (χ0n) is 17.8. The molecule has 2 aromatic rings. The summed E-state index contributed by atoms with van der Waals surface area (Å²) in [4.78, 5) is 37.1. The lowest BCUT2D eigenvalue weighted by molar-refractivity contribution is -0.138. The fraction of sp³-hybridized carbons (Fsp3) is 0.375. The van der Waals surface area contributed by atoms with Crippen molar-refractivity contribution >= 4 is 18.0 Å². The van der Waals surface area contributed by atoms with Crippen LogP contribution >= 0.6 is 0 Å². The Hall–Kier alpha value is -3.35. The molecule has 0 spiro atoms. The fourth-order valence-corrected chi connectivity index (χ4v) is 3.96. The van der Waals surface area contributed by atoms with Crippen LogP contribution in [-0.2, 0) is 14.3 Å². The first-order valence-corrected chi connectivity index (χ1v) is 10.5. The highest BCUT2D eigenvalue weighted by Crippen LogP contribution is 2.44. The second-order valence-corrected chi connectivity index (χ2v) is 7.69. The van der Waals surface area contributed by atoms with E-state index in [-0.39, 0.29) is 24.9 Å². The van der Waals surface area contributed by atoms with E-state index in [4.69, 9.17) is 9.84 Å². The van der Waals surface area contributed by atoms with Crippen molar-refractivity contribution in [2.45, 2.75) is 38.1 Å². The number of nitrogens with one attached hydrogen (secondary N) is 1. The van der Waals surface area contributed by atoms with E-state index < -0.39 is 18.1 Å². The predicted octanol–water partition coefficient (Wildman–Crippen LogP) is 3.63. The second kappa shape index (κ2) is 10.1. The van der Waals surface area contributed by atoms with Gasteiger partial charge in [0.25, 0.3) is 0 Å². The number of ether oxygens (including phenoxy) is 1. The minimum atomic E-state index is -0.898. The van der Waals surface area contributed by atoms with Crippen molar-refractivity contribution in [2.75, 3.05) is 20.2 Å². The molecule has 2 N–H and O–H groups in total. The highest BCUT2D eigenvalue weighted by Gasteiger charge is 2.30. The average Bonchev–Trinajstić information content (AvgIpc) is 3.09. The number of alkyl carbamates (subject to hydrolysis) is 1. The van der Waals surface area contributed by atoms with Crippen LogP contribution in [0.25, 0.3) is 11.1 Å². The molecule has 0 bridgehead atoms. The van der Waals surface area contributed by atoms with Gasteiger partial charge in [-0.15, -0.1) is 0 Å². The van der Waals surface area contributed by atoms with Gasteiger partial charge < -0.3 is 20.1 Å². The molecule has 31 heavy (non-hydrogen) atoms. The molecule has 164 valence electrons. The Morgan fingerprint density at radius 2 is 1.65 bits per heavy atom. The lowest BCUT2D eigenvalue weighted by atomic mass is 9.98. The van der Waals surface area contributed by atoms with Gasteiger partial charge in [0.1, 0.15) is 12.6 Å². The standard InChI is InChI=1S/C24H28N2O5/c1-3-21(23(29)26(2)14-8-13-22(27)28)25-24(30)31-15-20-18-11-6-4-9-16(18)17-10-5-7-12-19(17)20/h4-7,9-12,20-21H,3,8,13-15H2,1-2H3,(H,25,30)(H,27,28)/t21-/m0/s1. The molecule has 2 aromatic carbocycles. The zero-order chi connectivity index (χ0) is 22.4. The topological polar surface area (TPSA) is 95.9 Å². The van der Waals surface area contributed by atoms with Crippen LogP contribution in [0.1, 0.15) is 43.2 Å². The minimum absolute atomic E-state index is 0.00574. The number of carbonyl (C=O) groups excluding carboxylic acids is 2. The molecule has 0 radical (unpaired) electrons. The Balaban J connectivity index is 1.58. The molecule has 0 unspecified atom stereocenters. The third kappa shape index (κ3) is 5.23. The Morgan fingerprint density at radius 3 is 2.19 bits per heavy atom. The zero-order valence-corrected chi connectivity index (χ0v) is 17.8. The number of nitrogens with zero attached hydrogens (tertiary/aromatic N) is 1. The number of aliphatic carboxylic acids is 1. The van der Waals surface area contributed by atoms with Gasteiger partial charge in [-0.25, -0.2) is 4.79 Å². The van der Waals surface area contributed by atoms with Gasteiger partial charge >= 0.3 is 12.1 Å². The smallest absolute Gasteiger partial charge is 0.407 e. The Bertz CT molecular complexity index is 913. The summed E-state index contributed by atoms with van der Waals surface area (Å²) >= 11 is 0. The van der Waals surface area contributed by atoms with Crippen LogP contribution in [0.2, 0.25) is 0 Å². The Morgan fingerprint density at radius 1 is 1.06 bits per heavy atom. The van der Waals surface area contributed by atoms with Crippen molar-refractivity contribution < 1.29 is 24.2 Å². The number of likely N-dealkylation sites (N-methyl/N-ethyl adjacent to an activating group) is 1. The van der Waals surface area contributed by atoms with Crippen molar-refractivity contribution in [1.82, 2.24) is 10.2 Å². The van der Waals surface area contributed by atoms with Crippen molar-refractivity contribution in [3.8, 4) is 11.1 Å². The predicted molar refractivity (Wildman–Crippen MR) is 117 cm³/mol. The summed E-state index contributed by atoms with van der Waals surface area (Å²) in [7, 11) is 1.60. The summed E-state index contributed by atoms with van der Waals surface area (Å²) in [6.45, 7) is 2.30. The number of carboxylic acid groups (broad SMARTS) is 1. The van der Waals surface area contributed by atoms with Gasteiger partial charge in [0, 0.05) is 25.9 Å². The summed E-state index contributed by atoms with van der Waals surface area (Å²) in [5.41, 5.74) is 4.55. The molecule has 0 fully saturated rings. The summed E-state index contributed by atoms with van der Waals surface area (Å²) in [6.07, 6.45) is 0.125. The number of carbonyl (C=O) groups is 3. The van der Waals surface area contributed by atoms with Crippen LogP contribution in [0.15, 0.2) is 48.5 Å². The number of benzene rings is 2. The van der Waals surface area contributed by atoms with Gasteiger partial charge in [0.2, 0.25) is 5.91 Å². The maximum atomic E-state index is 12.6. The lowest BCUT2D eigenvalue weighted by Gasteiger charge is -2.24. The second-order valence-electron chi connectivity index (χ2n) is 7.69. The number of rotatable bonds is 9. The molecule has 0 aliphatic heterocycles. The maximum Gasteiger partial charge on any atom is 0.407 e. The molecule has 3 rings (SSSR count). The van der Waals surface area contributed by atoms with Crippen LogP contribution in [0.5, 0.6) is 0 Å². The molecule has 1 atom stereocenters. The first-order chi connectivity index (χ1) is 14.9. The molecule has 0 saturated carbocycles. The number of fused-ring (bicyclic) bond motifs is 3. The molecular formula is C24H28N2O5. The summed E-state index contributed by atoms with van der Waals surface area (Å²) in [5.74, 6) is -1.21. The summed E-state index contributed by atoms with van der Waals surface area (Å²) in [5, 5.41) is 11.4. The van der Waals surface area contributed by atoms with Crippen molar-refractivity contribution in [2.24, 2.45) is 0 Å². The molecule has 0 heterocycles. The highest BCUT2D eigenvalue weighted by atomic mass is 16.5. The number of hydrogen-bond acceptors (Lipinski definition) is 4. The van der Waals surface area contributed by atoms with Gasteiger partial charge in [-0.3, -0.25) is 9.59 Å². The SMILES string of the molecule is CC[C@H](NC(=O)OCC1c2ccccc2-c2ccccc21)C(=O)N(C)CCCC(=O)O. The van der Waals surface area contributed by atoms with Gasteiger partial charge in [-0.2, -0.15) is 0 Å². The van der Waals surface area contributed by atoms with Crippen LogP contribution in [0.3, 0.4) is 0 Å². The summed E-state index contributed by atoms with van der Waals surface area (Å²) in [6, 6.07) is 15.5. The Labute approximate surface area is 182 Å². The van der Waals surface area contributed by atoms with E-state index in [1.54, 1.807) is 14.0 Å². The van der Waals surface area contributed by atoms with E-state index in [0.717, 1.165) is 22.3 Å².